The van der Waals surface area contributed by atoms with Crippen LogP contribution in [0.15, 0.2) is 35.2 Å². The molecule has 5 nitrogen and oxygen atoms in total. The van der Waals surface area contributed by atoms with Crippen molar-refractivity contribution in [1.29, 1.82) is 0 Å². The number of nitrogens with zero attached hydrogens (tertiary/aromatic N) is 4. The molecule has 132 valence electrons. The molecule has 8 heteroatoms. The standard InChI is InChI=1S/C16H22ClN5S.BrH/c1-21(2)11-10-18-15-13(23-4)14(17)19-16(20-15)22(3)12-8-6-5-7-9-12;/h5-9H,10-11H2,1-4H3,(H,18,19,20);1H. The van der Waals surface area contributed by atoms with Crippen LogP contribution in [0.5, 0.6) is 0 Å². The summed E-state index contributed by atoms with van der Waals surface area (Å²) in [4.78, 5) is 14.0. The van der Waals surface area contributed by atoms with Gasteiger partial charge in [-0.15, -0.1) is 28.7 Å². The van der Waals surface area contributed by atoms with Gasteiger partial charge in [0.15, 0.2) is 0 Å². The molecule has 0 aliphatic carbocycles. The Morgan fingerprint density at radius 2 is 1.79 bits per heavy atom. The molecule has 0 amide bonds. The number of anilines is 3. The van der Waals surface area contributed by atoms with Crippen LogP contribution >= 0.6 is 40.3 Å². The summed E-state index contributed by atoms with van der Waals surface area (Å²) in [7, 11) is 6.01. The zero-order chi connectivity index (χ0) is 16.8. The van der Waals surface area contributed by atoms with E-state index >= 15 is 0 Å². The minimum atomic E-state index is 0. The van der Waals surface area contributed by atoms with Crippen LogP contribution in [0.1, 0.15) is 0 Å². The number of benzene rings is 1. The molecule has 24 heavy (non-hydrogen) atoms. The molecule has 2 rings (SSSR count). The molecule has 1 N–H and O–H groups in total. The van der Waals surface area contributed by atoms with Gasteiger partial charge in [-0.05, 0) is 32.5 Å². The van der Waals surface area contributed by atoms with Gasteiger partial charge in [0.1, 0.15) is 11.0 Å². The third kappa shape index (κ3) is 5.51. The van der Waals surface area contributed by atoms with Crippen molar-refractivity contribution in [2.45, 2.75) is 4.90 Å². The Balaban J connectivity index is 0.00000288. The van der Waals surface area contributed by atoms with Crippen LogP contribution in [0, 0.1) is 0 Å². The normalized spacial score (nSPS) is 10.4. The molecule has 0 radical (unpaired) electrons. The smallest absolute Gasteiger partial charge is 0.233 e. The number of thioether (sulfide) groups is 1. The average molecular weight is 433 g/mol. The Labute approximate surface area is 163 Å². The van der Waals surface area contributed by atoms with Gasteiger partial charge in [0.25, 0.3) is 0 Å². The van der Waals surface area contributed by atoms with Gasteiger partial charge in [-0.1, -0.05) is 29.8 Å². The summed E-state index contributed by atoms with van der Waals surface area (Å²) < 4.78 is 0. The molecule has 0 saturated heterocycles. The third-order valence-corrected chi connectivity index (χ3v) is 4.49. The van der Waals surface area contributed by atoms with Crippen LogP contribution in [0.2, 0.25) is 5.15 Å². The van der Waals surface area contributed by atoms with E-state index in [-0.39, 0.29) is 17.0 Å². The second-order valence-corrected chi connectivity index (χ2v) is 6.50. The topological polar surface area (TPSA) is 44.3 Å². The van der Waals surface area contributed by atoms with Crippen molar-refractivity contribution in [1.82, 2.24) is 14.9 Å². The van der Waals surface area contributed by atoms with E-state index in [1.807, 2.05) is 62.6 Å². The zero-order valence-corrected chi connectivity index (χ0v) is 17.6. The molecular weight excluding hydrogens is 410 g/mol. The van der Waals surface area contributed by atoms with Crippen molar-refractivity contribution in [3.8, 4) is 0 Å². The second-order valence-electron chi connectivity index (χ2n) is 5.32. The lowest BCUT2D eigenvalue weighted by molar-refractivity contribution is 0.425. The first kappa shape index (κ1) is 21.0. The lowest BCUT2D eigenvalue weighted by Gasteiger charge is -2.20. The summed E-state index contributed by atoms with van der Waals surface area (Å²) >= 11 is 7.90. The Bertz CT molecular complexity index is 642. The summed E-state index contributed by atoms with van der Waals surface area (Å²) in [5, 5.41) is 3.83. The van der Waals surface area contributed by atoms with Crippen LogP contribution in [0.25, 0.3) is 0 Å². The predicted molar refractivity (Wildman–Crippen MR) is 111 cm³/mol. The molecule has 0 fully saturated rings. The number of hydrogen-bond acceptors (Lipinski definition) is 6. The van der Waals surface area contributed by atoms with Gasteiger partial charge >= 0.3 is 0 Å². The maximum absolute atomic E-state index is 6.36. The van der Waals surface area contributed by atoms with Gasteiger partial charge in [0.05, 0.1) is 4.90 Å². The van der Waals surface area contributed by atoms with Crippen molar-refractivity contribution in [3.63, 3.8) is 0 Å². The van der Waals surface area contributed by atoms with E-state index in [0.29, 0.717) is 11.1 Å². The van der Waals surface area contributed by atoms with Crippen LogP contribution < -0.4 is 10.2 Å². The van der Waals surface area contributed by atoms with Crippen molar-refractivity contribution in [2.75, 3.05) is 50.7 Å². The fourth-order valence-corrected chi connectivity index (χ4v) is 2.95. The monoisotopic (exact) mass is 431 g/mol. The molecule has 1 aromatic heterocycles. The summed E-state index contributed by atoms with van der Waals surface area (Å²) in [6, 6.07) is 9.98. The van der Waals surface area contributed by atoms with E-state index in [1.54, 1.807) is 11.8 Å². The highest BCUT2D eigenvalue weighted by atomic mass is 79.9. The summed E-state index contributed by atoms with van der Waals surface area (Å²) in [5.41, 5.74) is 1.01. The number of para-hydroxylation sites is 1. The highest BCUT2D eigenvalue weighted by molar-refractivity contribution is 8.93. The van der Waals surface area contributed by atoms with Gasteiger partial charge < -0.3 is 15.1 Å². The maximum Gasteiger partial charge on any atom is 0.233 e. The molecule has 0 atom stereocenters. The average Bonchev–Trinajstić information content (AvgIpc) is 2.54. The summed E-state index contributed by atoms with van der Waals surface area (Å²) in [6.45, 7) is 1.71. The van der Waals surface area contributed by atoms with Crippen molar-refractivity contribution < 1.29 is 0 Å². The van der Waals surface area contributed by atoms with Gasteiger partial charge in [-0.2, -0.15) is 9.97 Å². The number of hydrogen-bond donors (Lipinski definition) is 1. The van der Waals surface area contributed by atoms with Gasteiger partial charge in [-0.3, -0.25) is 0 Å². The molecule has 1 aromatic carbocycles. The molecule has 0 saturated carbocycles. The molecule has 0 unspecified atom stereocenters. The van der Waals surface area contributed by atoms with Gasteiger partial charge in [0, 0.05) is 25.8 Å². The van der Waals surface area contributed by atoms with Crippen LogP contribution in [0.4, 0.5) is 17.5 Å². The van der Waals surface area contributed by atoms with E-state index in [0.717, 1.165) is 29.5 Å². The van der Waals surface area contributed by atoms with Crippen LogP contribution in [-0.2, 0) is 0 Å². The van der Waals surface area contributed by atoms with Crippen molar-refractivity contribution >= 4 is 57.8 Å². The molecule has 1 heterocycles. The molecule has 2 aromatic rings. The molecule has 0 aliphatic heterocycles. The van der Waals surface area contributed by atoms with Gasteiger partial charge in [-0.25, -0.2) is 0 Å². The fourth-order valence-electron chi connectivity index (χ4n) is 2.03. The molecule has 0 aliphatic rings. The summed E-state index contributed by atoms with van der Waals surface area (Å²) in [5.74, 6) is 1.35. The number of aromatic nitrogens is 2. The highest BCUT2D eigenvalue weighted by Gasteiger charge is 2.15. The zero-order valence-electron chi connectivity index (χ0n) is 14.3. The quantitative estimate of drug-likeness (QED) is 0.523. The van der Waals surface area contributed by atoms with Crippen LogP contribution in [-0.4, -0.2) is 55.4 Å². The lowest BCUT2D eigenvalue weighted by atomic mass is 10.3. The van der Waals surface area contributed by atoms with E-state index in [9.17, 15) is 0 Å². The number of rotatable bonds is 7. The Kier molecular flexibility index (Phi) is 8.83. The minimum absolute atomic E-state index is 0. The third-order valence-electron chi connectivity index (χ3n) is 3.31. The van der Waals surface area contributed by atoms with E-state index in [2.05, 4.69) is 20.2 Å². The van der Waals surface area contributed by atoms with Gasteiger partial charge in [0.2, 0.25) is 5.95 Å². The lowest BCUT2D eigenvalue weighted by Crippen LogP contribution is -2.22. The van der Waals surface area contributed by atoms with E-state index in [1.165, 1.54) is 0 Å². The van der Waals surface area contributed by atoms with E-state index in [4.69, 9.17) is 11.6 Å². The molecule has 0 bridgehead atoms. The highest BCUT2D eigenvalue weighted by Crippen LogP contribution is 2.33. The number of halogens is 2. The Morgan fingerprint density at radius 3 is 2.38 bits per heavy atom. The SMILES string of the molecule is Br.CSc1c(Cl)nc(N(C)c2ccccc2)nc1NCCN(C)C. The first-order chi connectivity index (χ1) is 11.0. The molecule has 0 spiro atoms. The number of nitrogens with one attached hydrogen (secondary N) is 1. The first-order valence-corrected chi connectivity index (χ1v) is 8.92. The Morgan fingerprint density at radius 1 is 1.12 bits per heavy atom. The fraction of sp³-hybridized carbons (Fsp3) is 0.375. The Hall–Kier alpha value is -1.02. The van der Waals surface area contributed by atoms with Crippen molar-refractivity contribution in [3.05, 3.63) is 35.5 Å². The summed E-state index contributed by atoms with van der Waals surface area (Å²) in [6.07, 6.45) is 1.97. The number of likely N-dealkylation sites (N-methyl/N-ethyl adjacent to an activating group) is 1. The van der Waals surface area contributed by atoms with Crippen molar-refractivity contribution in [2.24, 2.45) is 0 Å². The molecular formula is C16H23BrClN5S. The maximum atomic E-state index is 6.36. The predicted octanol–water partition coefficient (Wildman–Crippen LogP) is 4.17. The second kappa shape index (κ2) is 10.1. The van der Waals surface area contributed by atoms with E-state index < -0.39 is 0 Å². The van der Waals surface area contributed by atoms with Crippen LogP contribution in [0.3, 0.4) is 0 Å². The minimum Gasteiger partial charge on any atom is -0.368 e. The largest absolute Gasteiger partial charge is 0.368 e. The first-order valence-electron chi connectivity index (χ1n) is 7.32.